The Morgan fingerprint density at radius 1 is 1.20 bits per heavy atom. The second-order valence-corrected chi connectivity index (χ2v) is 6.24. The van der Waals surface area contributed by atoms with Crippen LogP contribution in [0.15, 0.2) is 18.2 Å². The first-order valence-electron chi connectivity index (χ1n) is 7.84. The predicted molar refractivity (Wildman–Crippen MR) is 83.4 cm³/mol. The Labute approximate surface area is 123 Å². The van der Waals surface area contributed by atoms with E-state index >= 15 is 0 Å². The molecule has 0 amide bonds. The highest BCUT2D eigenvalue weighted by Gasteiger charge is 2.31. The van der Waals surface area contributed by atoms with E-state index in [4.69, 9.17) is 5.26 Å². The van der Waals surface area contributed by atoms with Crippen LogP contribution in [0.5, 0.6) is 0 Å². The van der Waals surface area contributed by atoms with Crippen LogP contribution in [-0.2, 0) is 6.54 Å². The molecule has 0 aliphatic carbocycles. The molecule has 1 aromatic rings. The number of aryl methyl sites for hydroxylation is 1. The summed E-state index contributed by atoms with van der Waals surface area (Å²) in [6, 6.07) is 8.27. The van der Waals surface area contributed by atoms with Gasteiger partial charge in [-0.25, -0.2) is 0 Å². The normalized spacial score (nSPS) is 18.7. The molecule has 0 aromatic heterocycles. The molecule has 20 heavy (non-hydrogen) atoms. The highest BCUT2D eigenvalue weighted by atomic mass is 15.1. The maximum atomic E-state index is 8.93. The van der Waals surface area contributed by atoms with Crippen molar-refractivity contribution in [2.75, 3.05) is 13.1 Å². The number of benzene rings is 1. The molecule has 2 rings (SSSR count). The Kier molecular flexibility index (Phi) is 4.83. The van der Waals surface area contributed by atoms with Gasteiger partial charge in [-0.15, -0.1) is 0 Å². The van der Waals surface area contributed by atoms with Gasteiger partial charge in [-0.3, -0.25) is 4.90 Å². The topological polar surface area (TPSA) is 27.0 Å². The number of likely N-dealkylation sites (tertiary alicyclic amines) is 1. The Morgan fingerprint density at radius 2 is 1.85 bits per heavy atom. The molecule has 0 spiro atoms. The van der Waals surface area contributed by atoms with Crippen molar-refractivity contribution in [2.45, 2.75) is 53.0 Å². The van der Waals surface area contributed by atoms with E-state index in [9.17, 15) is 0 Å². The molecular formula is C18H26N2. The Balaban J connectivity index is 1.98. The van der Waals surface area contributed by atoms with Gasteiger partial charge < -0.3 is 0 Å². The van der Waals surface area contributed by atoms with Gasteiger partial charge in [0.15, 0.2) is 0 Å². The Hall–Kier alpha value is -1.33. The van der Waals surface area contributed by atoms with Gasteiger partial charge in [-0.1, -0.05) is 32.8 Å². The van der Waals surface area contributed by atoms with Crippen LogP contribution in [0, 0.1) is 23.7 Å². The van der Waals surface area contributed by atoms with E-state index in [0.717, 1.165) is 12.1 Å². The Bertz CT molecular complexity index is 485. The molecule has 108 valence electrons. The number of piperidine rings is 1. The number of nitriles is 1. The number of hydrogen-bond acceptors (Lipinski definition) is 2. The third kappa shape index (κ3) is 3.22. The second-order valence-electron chi connectivity index (χ2n) is 6.24. The molecule has 1 saturated heterocycles. The molecule has 0 radical (unpaired) electrons. The van der Waals surface area contributed by atoms with E-state index < -0.39 is 0 Å². The molecule has 0 bridgehead atoms. The molecule has 0 atom stereocenters. The average molecular weight is 270 g/mol. The lowest BCUT2D eigenvalue weighted by atomic mass is 9.74. The molecule has 1 aliphatic heterocycles. The van der Waals surface area contributed by atoms with E-state index in [-0.39, 0.29) is 0 Å². The lowest BCUT2D eigenvalue weighted by molar-refractivity contribution is 0.0908. The van der Waals surface area contributed by atoms with Crippen LogP contribution >= 0.6 is 0 Å². The third-order valence-corrected chi connectivity index (χ3v) is 5.28. The van der Waals surface area contributed by atoms with Crippen molar-refractivity contribution in [1.82, 2.24) is 4.90 Å². The van der Waals surface area contributed by atoms with Crippen LogP contribution < -0.4 is 0 Å². The molecule has 1 aromatic carbocycles. The number of nitrogens with zero attached hydrogens (tertiary/aromatic N) is 2. The highest BCUT2D eigenvalue weighted by Crippen LogP contribution is 2.38. The summed E-state index contributed by atoms with van der Waals surface area (Å²) in [5.74, 6) is 0. The molecular weight excluding hydrogens is 244 g/mol. The van der Waals surface area contributed by atoms with Gasteiger partial charge in [0.05, 0.1) is 11.6 Å². The summed E-state index contributed by atoms with van der Waals surface area (Å²) >= 11 is 0. The summed E-state index contributed by atoms with van der Waals surface area (Å²) in [4.78, 5) is 2.57. The molecule has 1 fully saturated rings. The molecule has 2 nitrogen and oxygen atoms in total. The van der Waals surface area contributed by atoms with Gasteiger partial charge in [0, 0.05) is 6.54 Å². The lowest BCUT2D eigenvalue weighted by Crippen LogP contribution is -2.39. The first kappa shape index (κ1) is 15.1. The fraction of sp³-hybridized carbons (Fsp3) is 0.611. The number of rotatable bonds is 4. The van der Waals surface area contributed by atoms with Crippen LogP contribution in [0.1, 0.15) is 56.2 Å². The molecule has 0 N–H and O–H groups in total. The van der Waals surface area contributed by atoms with Crippen LogP contribution in [0.2, 0.25) is 0 Å². The monoisotopic (exact) mass is 270 g/mol. The van der Waals surface area contributed by atoms with Crippen molar-refractivity contribution in [1.29, 1.82) is 5.26 Å². The lowest BCUT2D eigenvalue weighted by Gasteiger charge is -2.41. The minimum absolute atomic E-state index is 0.593. The van der Waals surface area contributed by atoms with Gasteiger partial charge in [0.2, 0.25) is 0 Å². The largest absolute Gasteiger partial charge is 0.299 e. The maximum Gasteiger partial charge on any atom is 0.0991 e. The van der Waals surface area contributed by atoms with Gasteiger partial charge in [0.1, 0.15) is 0 Å². The first-order valence-corrected chi connectivity index (χ1v) is 7.84. The highest BCUT2D eigenvalue weighted by molar-refractivity contribution is 5.37. The zero-order valence-corrected chi connectivity index (χ0v) is 13.1. The zero-order valence-electron chi connectivity index (χ0n) is 13.1. The summed E-state index contributed by atoms with van der Waals surface area (Å²) in [5.41, 5.74) is 3.97. The van der Waals surface area contributed by atoms with E-state index in [2.05, 4.69) is 37.8 Å². The molecule has 1 aliphatic rings. The van der Waals surface area contributed by atoms with Crippen molar-refractivity contribution in [2.24, 2.45) is 5.41 Å². The van der Waals surface area contributed by atoms with Crippen LogP contribution in [0.4, 0.5) is 0 Å². The van der Waals surface area contributed by atoms with Crippen molar-refractivity contribution in [3.05, 3.63) is 34.9 Å². The fourth-order valence-corrected chi connectivity index (χ4v) is 3.33. The van der Waals surface area contributed by atoms with Crippen molar-refractivity contribution >= 4 is 0 Å². The predicted octanol–water partition coefficient (Wildman–Crippen LogP) is 4.27. The minimum Gasteiger partial charge on any atom is -0.299 e. The smallest absolute Gasteiger partial charge is 0.0991 e. The number of hydrogen-bond donors (Lipinski definition) is 0. The van der Waals surface area contributed by atoms with Gasteiger partial charge in [0.25, 0.3) is 0 Å². The fourth-order valence-electron chi connectivity index (χ4n) is 3.33. The summed E-state index contributed by atoms with van der Waals surface area (Å²) in [6.45, 7) is 10.2. The van der Waals surface area contributed by atoms with Crippen LogP contribution in [-0.4, -0.2) is 18.0 Å². The van der Waals surface area contributed by atoms with E-state index in [1.165, 1.54) is 49.9 Å². The molecule has 0 unspecified atom stereocenters. The SMILES string of the molecule is CCC1(CC)CCN(Cc2ccc(C#N)cc2C)CC1. The van der Waals surface area contributed by atoms with E-state index in [0.29, 0.717) is 5.41 Å². The first-order chi connectivity index (χ1) is 9.62. The summed E-state index contributed by atoms with van der Waals surface area (Å²) in [6.07, 6.45) is 5.28. The van der Waals surface area contributed by atoms with E-state index in [1.807, 2.05) is 12.1 Å². The standard InChI is InChI=1S/C18H26N2/c1-4-18(5-2)8-10-20(11-9-18)14-17-7-6-16(13-19)12-15(17)3/h6-7,12H,4-5,8-11,14H2,1-3H3. The zero-order chi connectivity index (χ0) is 14.6. The maximum absolute atomic E-state index is 8.93. The van der Waals surface area contributed by atoms with Crippen molar-refractivity contribution < 1.29 is 0 Å². The third-order valence-electron chi connectivity index (χ3n) is 5.28. The molecule has 0 saturated carbocycles. The minimum atomic E-state index is 0.593. The van der Waals surface area contributed by atoms with Gasteiger partial charge >= 0.3 is 0 Å². The summed E-state index contributed by atoms with van der Waals surface area (Å²) in [5, 5.41) is 8.93. The quantitative estimate of drug-likeness (QED) is 0.817. The average Bonchev–Trinajstić information content (AvgIpc) is 2.50. The van der Waals surface area contributed by atoms with Crippen LogP contribution in [0.3, 0.4) is 0 Å². The Morgan fingerprint density at radius 3 is 2.35 bits per heavy atom. The molecule has 2 heteroatoms. The van der Waals surface area contributed by atoms with Gasteiger partial charge in [-0.2, -0.15) is 5.26 Å². The second kappa shape index (κ2) is 6.41. The summed E-state index contributed by atoms with van der Waals surface area (Å²) < 4.78 is 0. The van der Waals surface area contributed by atoms with Crippen molar-refractivity contribution in [3.63, 3.8) is 0 Å². The van der Waals surface area contributed by atoms with E-state index in [1.54, 1.807) is 0 Å². The van der Waals surface area contributed by atoms with Crippen molar-refractivity contribution in [3.8, 4) is 6.07 Å². The summed E-state index contributed by atoms with van der Waals surface area (Å²) in [7, 11) is 0. The molecule has 1 heterocycles. The van der Waals surface area contributed by atoms with Crippen LogP contribution in [0.25, 0.3) is 0 Å². The van der Waals surface area contributed by atoms with Gasteiger partial charge in [-0.05, 0) is 61.5 Å².